The molecule has 7 heteroatoms. The smallest absolute Gasteiger partial charge is 0.200 e. The summed E-state index contributed by atoms with van der Waals surface area (Å²) < 4.78 is 28.0. The number of hydrogen-bond donors (Lipinski definition) is 0. The average molecular weight is 445 g/mol. The van der Waals surface area contributed by atoms with Gasteiger partial charge < -0.3 is 0 Å². The fraction of sp³-hybridized carbons (Fsp3) is 0.136. The molecule has 1 aliphatic heterocycles. The molecule has 0 bridgehead atoms. The van der Waals surface area contributed by atoms with E-state index in [1.165, 1.54) is 16.5 Å². The van der Waals surface area contributed by atoms with E-state index in [4.69, 9.17) is 23.2 Å². The van der Waals surface area contributed by atoms with Crippen molar-refractivity contribution in [1.82, 2.24) is 4.41 Å². The van der Waals surface area contributed by atoms with E-state index in [9.17, 15) is 8.42 Å². The zero-order valence-electron chi connectivity index (χ0n) is 15.6. The van der Waals surface area contributed by atoms with Crippen LogP contribution in [-0.2, 0) is 10.0 Å². The predicted octanol–water partition coefficient (Wildman–Crippen LogP) is 5.84. The van der Waals surface area contributed by atoms with Gasteiger partial charge >= 0.3 is 0 Å². The fourth-order valence-corrected chi connectivity index (χ4v) is 4.96. The number of hydrazone groups is 1. The maximum Gasteiger partial charge on any atom is 0.279 e. The van der Waals surface area contributed by atoms with Gasteiger partial charge in [0.1, 0.15) is 0 Å². The van der Waals surface area contributed by atoms with Gasteiger partial charge in [-0.25, -0.2) is 0 Å². The number of halogens is 2. The van der Waals surface area contributed by atoms with E-state index in [0.29, 0.717) is 22.2 Å². The SMILES string of the molecule is Cc1ccc(C2CC(c3ccc(Cl)cc3)=NN2S(=O)(=O)c2ccc(Cl)cc2)cc1. The van der Waals surface area contributed by atoms with Gasteiger partial charge in [-0.2, -0.15) is 17.9 Å². The zero-order chi connectivity index (χ0) is 20.6. The van der Waals surface area contributed by atoms with Crippen molar-refractivity contribution in [2.24, 2.45) is 5.10 Å². The van der Waals surface area contributed by atoms with Gasteiger partial charge in [-0.1, -0.05) is 65.2 Å². The molecule has 1 atom stereocenters. The van der Waals surface area contributed by atoms with Gasteiger partial charge in [-0.05, 0) is 54.4 Å². The Bertz CT molecular complexity index is 1160. The van der Waals surface area contributed by atoms with Crippen LogP contribution in [0, 0.1) is 6.92 Å². The third-order valence-corrected chi connectivity index (χ3v) is 7.07. The molecule has 0 radical (unpaired) electrons. The second-order valence-corrected chi connectivity index (χ2v) is 9.58. The van der Waals surface area contributed by atoms with E-state index in [1.807, 2.05) is 43.3 Å². The summed E-state index contributed by atoms with van der Waals surface area (Å²) in [7, 11) is -3.85. The van der Waals surface area contributed by atoms with Crippen molar-refractivity contribution in [2.45, 2.75) is 24.3 Å². The van der Waals surface area contributed by atoms with Crippen LogP contribution in [0.15, 0.2) is 82.8 Å². The number of sulfonamides is 1. The number of aryl methyl sites for hydroxylation is 1. The van der Waals surface area contributed by atoms with Crippen molar-refractivity contribution in [3.8, 4) is 0 Å². The van der Waals surface area contributed by atoms with Crippen LogP contribution in [-0.4, -0.2) is 18.5 Å². The molecule has 0 aliphatic carbocycles. The van der Waals surface area contributed by atoms with Gasteiger partial charge in [0.2, 0.25) is 0 Å². The van der Waals surface area contributed by atoms with E-state index in [2.05, 4.69) is 5.10 Å². The van der Waals surface area contributed by atoms with Crippen LogP contribution in [0.1, 0.15) is 29.2 Å². The van der Waals surface area contributed by atoms with Gasteiger partial charge in [0, 0.05) is 16.5 Å². The number of hydrogen-bond acceptors (Lipinski definition) is 3. The molecule has 0 amide bonds. The number of rotatable bonds is 4. The lowest BCUT2D eigenvalue weighted by molar-refractivity contribution is 0.371. The maximum absolute atomic E-state index is 13.4. The molecular formula is C22H18Cl2N2O2S. The summed E-state index contributed by atoms with van der Waals surface area (Å²) in [5, 5.41) is 5.62. The van der Waals surface area contributed by atoms with Crippen LogP contribution >= 0.6 is 23.2 Å². The summed E-state index contributed by atoms with van der Waals surface area (Å²) in [5.41, 5.74) is 3.55. The lowest BCUT2D eigenvalue weighted by Crippen LogP contribution is -2.27. The maximum atomic E-state index is 13.4. The quantitative estimate of drug-likeness (QED) is 0.507. The molecule has 1 heterocycles. The molecule has 1 unspecified atom stereocenters. The normalized spacial score (nSPS) is 16.7. The zero-order valence-corrected chi connectivity index (χ0v) is 17.9. The predicted molar refractivity (Wildman–Crippen MR) is 117 cm³/mol. The van der Waals surface area contributed by atoms with Crippen LogP contribution < -0.4 is 0 Å². The molecule has 3 aromatic rings. The Morgan fingerprint density at radius 1 is 0.862 bits per heavy atom. The third kappa shape index (κ3) is 4.04. The van der Waals surface area contributed by atoms with Gasteiger partial charge in [-0.3, -0.25) is 0 Å². The topological polar surface area (TPSA) is 49.7 Å². The molecular weight excluding hydrogens is 427 g/mol. The van der Waals surface area contributed by atoms with Crippen molar-refractivity contribution in [3.05, 3.63) is 99.5 Å². The lowest BCUT2D eigenvalue weighted by Gasteiger charge is -2.23. The standard InChI is InChI=1S/C22H18Cl2N2O2S/c1-15-2-4-17(5-3-15)22-14-21(16-6-8-18(23)9-7-16)25-26(22)29(27,28)20-12-10-19(24)11-13-20/h2-13,22H,14H2,1H3. The highest BCUT2D eigenvalue weighted by Gasteiger charge is 2.37. The highest BCUT2D eigenvalue weighted by molar-refractivity contribution is 7.89. The molecule has 0 aromatic heterocycles. The molecule has 0 N–H and O–H groups in total. The van der Waals surface area contributed by atoms with Crippen LogP contribution in [0.4, 0.5) is 0 Å². The van der Waals surface area contributed by atoms with E-state index in [0.717, 1.165) is 16.7 Å². The van der Waals surface area contributed by atoms with E-state index in [1.54, 1.807) is 24.3 Å². The Hall–Kier alpha value is -2.34. The Kier molecular flexibility index (Phi) is 5.38. The summed E-state index contributed by atoms with van der Waals surface area (Å²) in [6, 6.07) is 20.8. The number of benzene rings is 3. The van der Waals surface area contributed by atoms with Crippen molar-refractivity contribution in [3.63, 3.8) is 0 Å². The molecule has 0 saturated carbocycles. The Balaban J connectivity index is 1.79. The first kappa shape index (κ1) is 20.0. The van der Waals surface area contributed by atoms with E-state index in [-0.39, 0.29) is 4.90 Å². The fourth-order valence-electron chi connectivity index (χ4n) is 3.28. The molecule has 3 aromatic carbocycles. The first-order valence-corrected chi connectivity index (χ1v) is 11.2. The largest absolute Gasteiger partial charge is 0.279 e. The third-order valence-electron chi connectivity index (χ3n) is 4.87. The summed E-state index contributed by atoms with van der Waals surface area (Å²) in [4.78, 5) is 0.153. The minimum Gasteiger partial charge on any atom is -0.200 e. The van der Waals surface area contributed by atoms with Gasteiger partial charge in [-0.15, -0.1) is 0 Å². The minimum atomic E-state index is -3.85. The summed E-state index contributed by atoms with van der Waals surface area (Å²) in [6.45, 7) is 2.00. The van der Waals surface area contributed by atoms with Crippen LogP contribution in [0.5, 0.6) is 0 Å². The van der Waals surface area contributed by atoms with Crippen LogP contribution in [0.2, 0.25) is 10.0 Å². The van der Waals surface area contributed by atoms with Gasteiger partial charge in [0.05, 0.1) is 16.6 Å². The second-order valence-electron chi connectivity index (χ2n) is 6.92. The summed E-state index contributed by atoms with van der Waals surface area (Å²) >= 11 is 11.9. The van der Waals surface area contributed by atoms with Crippen molar-refractivity contribution >= 4 is 38.9 Å². The Morgan fingerprint density at radius 2 is 1.41 bits per heavy atom. The van der Waals surface area contributed by atoms with Crippen molar-refractivity contribution in [2.75, 3.05) is 0 Å². The summed E-state index contributed by atoms with van der Waals surface area (Å²) in [6.07, 6.45) is 0.470. The first-order chi connectivity index (χ1) is 13.8. The molecule has 0 fully saturated rings. The molecule has 148 valence electrons. The highest BCUT2D eigenvalue weighted by atomic mass is 35.5. The second kappa shape index (κ2) is 7.82. The lowest BCUT2D eigenvalue weighted by atomic mass is 9.98. The van der Waals surface area contributed by atoms with Crippen molar-refractivity contribution < 1.29 is 8.42 Å². The van der Waals surface area contributed by atoms with E-state index < -0.39 is 16.1 Å². The highest BCUT2D eigenvalue weighted by Crippen LogP contribution is 2.37. The van der Waals surface area contributed by atoms with Crippen LogP contribution in [0.3, 0.4) is 0 Å². The Labute approximate surface area is 180 Å². The van der Waals surface area contributed by atoms with Gasteiger partial charge in [0.25, 0.3) is 10.0 Å². The summed E-state index contributed by atoms with van der Waals surface area (Å²) in [5.74, 6) is 0. The van der Waals surface area contributed by atoms with Crippen molar-refractivity contribution in [1.29, 1.82) is 0 Å². The molecule has 1 aliphatic rings. The molecule has 29 heavy (non-hydrogen) atoms. The Morgan fingerprint density at radius 3 is 2.00 bits per heavy atom. The monoisotopic (exact) mass is 444 g/mol. The van der Waals surface area contributed by atoms with Crippen LogP contribution in [0.25, 0.3) is 0 Å². The molecule has 4 rings (SSSR count). The van der Waals surface area contributed by atoms with E-state index >= 15 is 0 Å². The molecule has 0 spiro atoms. The average Bonchev–Trinajstić information content (AvgIpc) is 3.16. The first-order valence-electron chi connectivity index (χ1n) is 9.04. The van der Waals surface area contributed by atoms with Gasteiger partial charge in [0.15, 0.2) is 0 Å². The minimum absolute atomic E-state index is 0.153. The molecule has 0 saturated heterocycles. The molecule has 4 nitrogen and oxygen atoms in total. The number of nitrogens with zero attached hydrogens (tertiary/aromatic N) is 2.